The second-order valence-electron chi connectivity index (χ2n) is 21.6. The Hall–Kier alpha value is -0.640. The van der Waals surface area contributed by atoms with Gasteiger partial charge in [-0.3, -0.25) is 5.32 Å². The fraction of sp³-hybridized carbons (Fsp3) is 1.00. The van der Waals surface area contributed by atoms with E-state index in [0.717, 1.165) is 45.1 Å². The van der Waals surface area contributed by atoms with E-state index >= 15 is 0 Å². The number of ether oxygens (including phenoxy) is 7. The van der Waals surface area contributed by atoms with E-state index in [4.69, 9.17) is 33.2 Å². The van der Waals surface area contributed by atoms with Crippen molar-refractivity contribution in [3.8, 4) is 0 Å². The Balaban J connectivity index is 0.897. The monoisotopic (exact) mass is 870 g/mol. The molecule has 0 amide bonds. The molecule has 5 heterocycles. The molecule has 5 aliphatic heterocycles. The summed E-state index contributed by atoms with van der Waals surface area (Å²) in [5.74, 6) is 4.06. The van der Waals surface area contributed by atoms with Crippen LogP contribution in [0.5, 0.6) is 0 Å². The number of hydrogen-bond acceptors (Lipinski definition) is 16. The summed E-state index contributed by atoms with van der Waals surface area (Å²) in [6.07, 6.45) is -10.5. The minimum absolute atomic E-state index is 0.134. The summed E-state index contributed by atoms with van der Waals surface area (Å²) in [5.41, 5.74) is 0.228. The van der Waals surface area contributed by atoms with E-state index in [1.807, 2.05) is 0 Å². The predicted molar refractivity (Wildman–Crippen MR) is 215 cm³/mol. The molecule has 0 aromatic rings. The predicted octanol–water partition coefficient (Wildman–Crippen LogP) is 0.895. The number of rotatable bonds is 7. The van der Waals surface area contributed by atoms with Gasteiger partial charge in [0, 0.05) is 12.5 Å². The molecule has 27 atom stereocenters. The van der Waals surface area contributed by atoms with Gasteiger partial charge in [-0.15, -0.1) is 0 Å². The molecule has 4 saturated carbocycles. The van der Waals surface area contributed by atoms with Crippen LogP contribution in [0.2, 0.25) is 0 Å². The molecule has 16 nitrogen and oxygen atoms in total. The third-order valence-electron chi connectivity index (χ3n) is 18.4. The van der Waals surface area contributed by atoms with Crippen LogP contribution in [0.25, 0.3) is 0 Å². The lowest BCUT2D eigenvalue weighted by atomic mass is 9.44. The van der Waals surface area contributed by atoms with Crippen LogP contribution in [-0.4, -0.2) is 164 Å². The lowest BCUT2D eigenvalue weighted by molar-refractivity contribution is -0.389. The van der Waals surface area contributed by atoms with E-state index in [9.17, 15) is 40.9 Å². The topological polar surface area (TPSA) is 238 Å². The Morgan fingerprint density at radius 3 is 1.87 bits per heavy atom. The van der Waals surface area contributed by atoms with Gasteiger partial charge in [0.15, 0.2) is 18.9 Å². The number of aliphatic hydroxyl groups is 8. The molecule has 1 unspecified atom stereocenters. The Morgan fingerprint density at radius 1 is 0.607 bits per heavy atom. The van der Waals surface area contributed by atoms with Crippen molar-refractivity contribution in [2.75, 3.05) is 13.2 Å². The highest BCUT2D eigenvalue weighted by molar-refractivity contribution is 5.16. The molecule has 0 bridgehead atoms. The summed E-state index contributed by atoms with van der Waals surface area (Å²) in [7, 11) is 0. The first kappa shape index (κ1) is 45.5. The van der Waals surface area contributed by atoms with Crippen LogP contribution in [0.4, 0.5) is 0 Å². The van der Waals surface area contributed by atoms with Crippen LogP contribution in [0.3, 0.4) is 0 Å². The normalized spacial score (nSPS) is 59.7. The molecule has 0 aromatic heterocycles. The summed E-state index contributed by atoms with van der Waals surface area (Å²) >= 11 is 0. The maximum atomic E-state index is 12.0. The van der Waals surface area contributed by atoms with Crippen molar-refractivity contribution in [1.29, 1.82) is 0 Å². The number of fused-ring (bicyclic) bond motifs is 7. The zero-order valence-corrected chi connectivity index (χ0v) is 36.8. The van der Waals surface area contributed by atoms with E-state index in [1.54, 1.807) is 0 Å². The van der Waals surface area contributed by atoms with Crippen molar-refractivity contribution in [2.24, 2.45) is 52.3 Å². The fourth-order valence-electron chi connectivity index (χ4n) is 14.8. The summed E-state index contributed by atoms with van der Waals surface area (Å²) in [6.45, 7) is 13.3. The Kier molecular flexibility index (Phi) is 12.6. The zero-order valence-electron chi connectivity index (χ0n) is 36.8. The van der Waals surface area contributed by atoms with Gasteiger partial charge in [0.05, 0.1) is 31.0 Å². The Morgan fingerprint density at radius 2 is 1.25 bits per heavy atom. The molecule has 16 heteroatoms. The molecule has 4 aliphatic carbocycles. The average molecular weight is 870 g/mol. The molecule has 0 aromatic carbocycles. The van der Waals surface area contributed by atoms with E-state index in [1.165, 1.54) is 39.5 Å². The third-order valence-corrected chi connectivity index (χ3v) is 18.4. The van der Waals surface area contributed by atoms with Crippen molar-refractivity contribution in [1.82, 2.24) is 5.32 Å². The van der Waals surface area contributed by atoms with Crippen molar-refractivity contribution < 1.29 is 74.0 Å². The molecule has 1 spiro atoms. The first-order valence-electron chi connectivity index (χ1n) is 23.6. The highest BCUT2D eigenvalue weighted by Gasteiger charge is 2.69. The molecule has 9 aliphatic rings. The first-order valence-corrected chi connectivity index (χ1v) is 23.6. The second kappa shape index (κ2) is 16.9. The highest BCUT2D eigenvalue weighted by atomic mass is 16.8. The number of aliphatic hydroxyl groups excluding tert-OH is 8. The molecule has 9 rings (SSSR count). The lowest BCUT2D eigenvalue weighted by Crippen LogP contribution is -2.66. The van der Waals surface area contributed by atoms with Gasteiger partial charge in [0.1, 0.15) is 66.8 Å². The number of nitrogens with one attached hydrogen (secondary N) is 1. The molecule has 0 radical (unpaired) electrons. The van der Waals surface area contributed by atoms with Crippen LogP contribution >= 0.6 is 0 Å². The van der Waals surface area contributed by atoms with E-state index in [0.29, 0.717) is 47.5 Å². The molecule has 61 heavy (non-hydrogen) atoms. The van der Waals surface area contributed by atoms with Crippen molar-refractivity contribution >= 4 is 0 Å². The van der Waals surface area contributed by atoms with Crippen molar-refractivity contribution in [3.63, 3.8) is 0 Å². The maximum absolute atomic E-state index is 12.0. The van der Waals surface area contributed by atoms with Crippen molar-refractivity contribution in [3.05, 3.63) is 0 Å². The van der Waals surface area contributed by atoms with Gasteiger partial charge < -0.3 is 74.0 Å². The second-order valence-corrected chi connectivity index (χ2v) is 21.6. The third kappa shape index (κ3) is 7.50. The zero-order chi connectivity index (χ0) is 43.5. The van der Waals surface area contributed by atoms with Gasteiger partial charge in [-0.2, -0.15) is 0 Å². The lowest BCUT2D eigenvalue weighted by Gasteiger charge is -2.61. The number of piperidine rings is 1. The van der Waals surface area contributed by atoms with Gasteiger partial charge in [-0.1, -0.05) is 27.7 Å². The number of hydrogen-bond donors (Lipinski definition) is 9. The van der Waals surface area contributed by atoms with E-state index in [2.05, 4.69) is 33.0 Å². The first-order chi connectivity index (χ1) is 28.9. The average Bonchev–Trinajstić information content (AvgIpc) is 3.69. The fourth-order valence-corrected chi connectivity index (χ4v) is 14.8. The van der Waals surface area contributed by atoms with E-state index in [-0.39, 0.29) is 22.7 Å². The Labute approximate surface area is 359 Å². The summed E-state index contributed by atoms with van der Waals surface area (Å²) in [5, 5.41) is 89.8. The van der Waals surface area contributed by atoms with Crippen molar-refractivity contribution in [2.45, 2.75) is 216 Å². The minimum atomic E-state index is -1.70. The van der Waals surface area contributed by atoms with Gasteiger partial charge in [-0.25, -0.2) is 0 Å². The van der Waals surface area contributed by atoms with Crippen LogP contribution in [0.1, 0.15) is 106 Å². The summed E-state index contributed by atoms with van der Waals surface area (Å²) in [4.78, 5) is 0. The van der Waals surface area contributed by atoms with Crippen LogP contribution in [-0.2, 0) is 33.2 Å². The van der Waals surface area contributed by atoms with E-state index < -0.39 is 98.7 Å². The summed E-state index contributed by atoms with van der Waals surface area (Å²) in [6, 6.07) is 0. The molecular weight excluding hydrogens is 794 g/mol. The molecule has 5 saturated heterocycles. The smallest absolute Gasteiger partial charge is 0.187 e. The largest absolute Gasteiger partial charge is 0.394 e. The minimum Gasteiger partial charge on any atom is -0.394 e. The van der Waals surface area contributed by atoms with Gasteiger partial charge in [0.25, 0.3) is 0 Å². The van der Waals surface area contributed by atoms with Crippen LogP contribution in [0, 0.1) is 52.3 Å². The quantitative estimate of drug-likeness (QED) is 0.162. The van der Waals surface area contributed by atoms with Gasteiger partial charge >= 0.3 is 0 Å². The molecular formula is C45H75NO15. The maximum Gasteiger partial charge on any atom is 0.187 e. The molecule has 350 valence electrons. The van der Waals surface area contributed by atoms with Gasteiger partial charge in [-0.05, 0) is 124 Å². The SMILES string of the molecule is C[C@H]1CC[C@]2(NC1)O[C@H]1C[C@H]3[C@@H]4CCC5C[C@@H](O[C@@H]6O[C@H](CO)[C@@H](O[C@@H]7O[C@@H](C)[C@H](O)[C@@H](O)[C@H]7O)[C@H](O)[C@H]6O[C@@H]6O[C@@H](C)[C@H](O)[C@@H](O)[C@H]6O)CC[C@]5(C)[C@H]4CC[C@]3(C)[C@H]1[C@@H]2C. The van der Waals surface area contributed by atoms with Crippen LogP contribution in [0.15, 0.2) is 0 Å². The van der Waals surface area contributed by atoms with Crippen LogP contribution < -0.4 is 5.32 Å². The standard InChI is InChI=1S/C45H75NO15/c1-19-9-14-45(46-17-19)20(2)30-28(61-45)16-27-25-8-7-23-15-24(10-12-43(23,5)26(25)11-13-44(27,30)6)57-42-39(60-41-36(53)34(51)32(49)22(4)56-41)37(54)38(29(18-47)58-42)59-40-35(52)33(50)31(48)21(3)55-40/h19-42,46-54H,7-18H2,1-6H3/t19-,20-,21-,22-,23?,24-,25+,26-,27-,28-,29+,30-,31-,32-,33+,34+,35+,36+,37-,38+,39+,40-,41-,42+,43-,44-,45-/m0/s1. The molecule has 9 N–H and O–H groups in total. The van der Waals surface area contributed by atoms with Gasteiger partial charge in [0.2, 0.25) is 0 Å². The highest BCUT2D eigenvalue weighted by Crippen LogP contribution is 2.71. The Bertz CT molecular complexity index is 1540. The molecule has 9 fully saturated rings. The summed E-state index contributed by atoms with van der Waals surface area (Å²) < 4.78 is 43.9.